The highest BCUT2D eigenvalue weighted by molar-refractivity contribution is 5.57. The summed E-state index contributed by atoms with van der Waals surface area (Å²) in [5, 5.41) is 22.0. The molecule has 10 heteroatoms. The minimum Gasteiger partial charge on any atom is -0.368 e. The number of imidazole rings is 1. The van der Waals surface area contributed by atoms with Crippen molar-refractivity contribution in [3.63, 3.8) is 0 Å². The molecule has 0 saturated carbocycles. The van der Waals surface area contributed by atoms with Crippen LogP contribution in [0.1, 0.15) is 57.3 Å². The molecule has 0 fully saturated rings. The number of benzene rings is 1. The van der Waals surface area contributed by atoms with Gasteiger partial charge in [-0.3, -0.25) is 9.13 Å². The number of rotatable bonds is 10. The Bertz CT molecular complexity index is 1440. The Morgan fingerprint density at radius 2 is 1.97 bits per heavy atom. The number of unbranched alkanes of at least 4 members (excludes halogenated alkanes) is 1. The van der Waals surface area contributed by atoms with Gasteiger partial charge in [-0.05, 0) is 60.6 Å². The van der Waals surface area contributed by atoms with Gasteiger partial charge in [0.2, 0.25) is 0 Å². The highest BCUT2D eigenvalue weighted by Gasteiger charge is 2.31. The van der Waals surface area contributed by atoms with Crippen molar-refractivity contribution in [2.75, 3.05) is 0 Å². The second-order valence-corrected chi connectivity index (χ2v) is 9.56. The Kier molecular flexibility index (Phi) is 6.89. The Hall–Kier alpha value is -4.21. The largest absolute Gasteiger partial charge is 0.368 e. The lowest BCUT2D eigenvalue weighted by molar-refractivity contribution is 0.465. The van der Waals surface area contributed by atoms with Crippen molar-refractivity contribution in [1.82, 2.24) is 44.9 Å². The number of tetrazole rings is 1. The van der Waals surface area contributed by atoms with Gasteiger partial charge in [-0.15, -0.1) is 5.10 Å². The second-order valence-electron chi connectivity index (χ2n) is 9.56. The van der Waals surface area contributed by atoms with Crippen LogP contribution in [0.25, 0.3) is 17.2 Å². The van der Waals surface area contributed by atoms with Crippen molar-refractivity contribution >= 4 is 0 Å². The number of hydrogen-bond acceptors (Lipinski definition) is 6. The van der Waals surface area contributed by atoms with Crippen LogP contribution in [0, 0.1) is 0 Å². The van der Waals surface area contributed by atoms with E-state index >= 15 is 0 Å². The maximum atomic E-state index is 14.0. The van der Waals surface area contributed by atoms with E-state index in [1.165, 1.54) is 0 Å². The van der Waals surface area contributed by atoms with Crippen LogP contribution < -0.4 is 11.0 Å². The SMILES string of the molecule is CCCCc1cn(-c2ccnn2C(C)CC)c(=O)n1CC1(c2cccc(-c3nnn[nH]3)c2)C=CNC=C1. The summed E-state index contributed by atoms with van der Waals surface area (Å²) in [6.45, 7) is 6.87. The van der Waals surface area contributed by atoms with Crippen LogP contribution in [0.5, 0.6) is 0 Å². The van der Waals surface area contributed by atoms with Crippen molar-refractivity contribution in [2.24, 2.45) is 0 Å². The van der Waals surface area contributed by atoms with E-state index < -0.39 is 5.41 Å². The first-order valence-electron chi connectivity index (χ1n) is 12.9. The molecule has 5 rings (SSSR count). The fourth-order valence-electron chi connectivity index (χ4n) is 4.82. The zero-order valence-electron chi connectivity index (χ0n) is 21.5. The third-order valence-electron chi connectivity index (χ3n) is 7.15. The van der Waals surface area contributed by atoms with Crippen molar-refractivity contribution in [3.8, 4) is 17.2 Å². The van der Waals surface area contributed by atoms with Gasteiger partial charge in [0, 0.05) is 30.1 Å². The molecule has 1 unspecified atom stereocenters. The van der Waals surface area contributed by atoms with Crippen LogP contribution in [-0.4, -0.2) is 39.5 Å². The molecule has 1 aliphatic rings. The maximum Gasteiger partial charge on any atom is 0.334 e. The Labute approximate surface area is 215 Å². The quantitative estimate of drug-likeness (QED) is 0.342. The summed E-state index contributed by atoms with van der Waals surface area (Å²) < 4.78 is 5.61. The fourth-order valence-corrected chi connectivity index (χ4v) is 4.82. The van der Waals surface area contributed by atoms with E-state index in [-0.39, 0.29) is 11.7 Å². The second kappa shape index (κ2) is 10.4. The van der Waals surface area contributed by atoms with E-state index in [9.17, 15) is 4.79 Å². The molecule has 10 nitrogen and oxygen atoms in total. The summed E-state index contributed by atoms with van der Waals surface area (Å²) in [4.78, 5) is 14.0. The van der Waals surface area contributed by atoms with Crippen LogP contribution in [0.3, 0.4) is 0 Å². The molecule has 0 amide bonds. The summed E-state index contributed by atoms with van der Waals surface area (Å²) in [6, 6.07) is 10.2. The number of aromatic amines is 1. The van der Waals surface area contributed by atoms with Gasteiger partial charge in [0.05, 0.1) is 17.7 Å². The number of aromatic nitrogens is 8. The van der Waals surface area contributed by atoms with Gasteiger partial charge in [0.15, 0.2) is 5.82 Å². The highest BCUT2D eigenvalue weighted by atomic mass is 16.1. The number of allylic oxidation sites excluding steroid dienone is 2. The summed E-state index contributed by atoms with van der Waals surface area (Å²) in [5.41, 5.74) is 2.34. The molecule has 0 bridgehead atoms. The molecule has 0 saturated heterocycles. The normalized spacial score (nSPS) is 15.1. The molecule has 4 heterocycles. The highest BCUT2D eigenvalue weighted by Crippen LogP contribution is 2.33. The molecule has 1 aliphatic heterocycles. The van der Waals surface area contributed by atoms with Gasteiger partial charge in [-0.25, -0.2) is 14.6 Å². The third-order valence-corrected chi connectivity index (χ3v) is 7.15. The van der Waals surface area contributed by atoms with Gasteiger partial charge >= 0.3 is 5.69 Å². The molecule has 1 aromatic carbocycles. The number of H-pyrrole nitrogens is 1. The van der Waals surface area contributed by atoms with Gasteiger partial charge < -0.3 is 5.32 Å². The van der Waals surface area contributed by atoms with E-state index in [1.807, 2.05) is 46.0 Å². The summed E-state index contributed by atoms with van der Waals surface area (Å²) >= 11 is 0. The summed E-state index contributed by atoms with van der Waals surface area (Å²) in [7, 11) is 0. The number of nitrogens with one attached hydrogen (secondary N) is 2. The minimum atomic E-state index is -0.539. The molecule has 0 radical (unpaired) electrons. The Balaban J connectivity index is 1.61. The van der Waals surface area contributed by atoms with E-state index in [0.29, 0.717) is 12.4 Å². The molecule has 1 atom stereocenters. The standard InChI is InChI=1S/C27H33N9O/c1-4-6-10-23-18-34(24-11-14-29-36(24)20(3)5-2)26(37)35(23)19-27(12-15-28-16-13-27)22-9-7-8-21(17-22)25-30-32-33-31-25/h7-9,11-18,20,28H,4-6,10,19H2,1-3H3,(H,30,31,32,33). The summed E-state index contributed by atoms with van der Waals surface area (Å²) in [5.74, 6) is 1.39. The van der Waals surface area contributed by atoms with E-state index in [2.05, 4.69) is 76.1 Å². The van der Waals surface area contributed by atoms with Crippen LogP contribution in [-0.2, 0) is 18.4 Å². The monoisotopic (exact) mass is 499 g/mol. The predicted octanol–water partition coefficient (Wildman–Crippen LogP) is 3.90. The lowest BCUT2D eigenvalue weighted by Crippen LogP contribution is -2.36. The van der Waals surface area contributed by atoms with E-state index in [4.69, 9.17) is 0 Å². The molecule has 3 aromatic heterocycles. The molecule has 0 spiro atoms. The van der Waals surface area contributed by atoms with Gasteiger partial charge in [-0.2, -0.15) is 5.10 Å². The van der Waals surface area contributed by atoms with E-state index in [1.54, 1.807) is 10.8 Å². The van der Waals surface area contributed by atoms with Crippen molar-refractivity contribution in [2.45, 2.75) is 64.5 Å². The first-order chi connectivity index (χ1) is 18.1. The lowest BCUT2D eigenvalue weighted by atomic mass is 9.78. The molecular formula is C27H33N9O. The van der Waals surface area contributed by atoms with Crippen LogP contribution in [0.2, 0.25) is 0 Å². The smallest absolute Gasteiger partial charge is 0.334 e. The lowest BCUT2D eigenvalue weighted by Gasteiger charge is -2.31. The Morgan fingerprint density at radius 1 is 1.14 bits per heavy atom. The zero-order valence-corrected chi connectivity index (χ0v) is 21.5. The Morgan fingerprint density at radius 3 is 2.70 bits per heavy atom. The molecule has 4 aromatic rings. The zero-order chi connectivity index (χ0) is 25.8. The number of hydrogen-bond donors (Lipinski definition) is 2. The topological polar surface area (TPSA) is 111 Å². The molecule has 0 aliphatic carbocycles. The van der Waals surface area contributed by atoms with E-state index in [0.717, 1.165) is 48.3 Å². The van der Waals surface area contributed by atoms with Gasteiger partial charge in [0.1, 0.15) is 5.82 Å². The third kappa shape index (κ3) is 4.66. The van der Waals surface area contributed by atoms with Crippen molar-refractivity contribution in [1.29, 1.82) is 0 Å². The number of nitrogens with zero attached hydrogens (tertiary/aromatic N) is 7. The number of dihydropyridines is 1. The summed E-state index contributed by atoms with van der Waals surface area (Å²) in [6.07, 6.45) is 15.6. The fraction of sp³-hybridized carbons (Fsp3) is 0.370. The van der Waals surface area contributed by atoms with Crippen molar-refractivity contribution < 1.29 is 0 Å². The van der Waals surface area contributed by atoms with Gasteiger partial charge in [0.25, 0.3) is 0 Å². The number of aryl methyl sites for hydroxylation is 1. The molecule has 192 valence electrons. The predicted molar refractivity (Wildman–Crippen MR) is 142 cm³/mol. The first kappa shape index (κ1) is 24.5. The average molecular weight is 500 g/mol. The average Bonchev–Trinajstić information content (AvgIpc) is 3.70. The van der Waals surface area contributed by atoms with Gasteiger partial charge in [-0.1, -0.05) is 50.6 Å². The minimum absolute atomic E-state index is 0.0635. The maximum absolute atomic E-state index is 14.0. The molecule has 37 heavy (non-hydrogen) atoms. The molecule has 2 N–H and O–H groups in total. The van der Waals surface area contributed by atoms with Crippen LogP contribution in [0.4, 0.5) is 0 Å². The first-order valence-corrected chi connectivity index (χ1v) is 12.9. The van der Waals surface area contributed by atoms with Crippen LogP contribution in [0.15, 0.2) is 72.1 Å². The van der Waals surface area contributed by atoms with Crippen molar-refractivity contribution in [3.05, 3.63) is 89.0 Å². The molecular weight excluding hydrogens is 466 g/mol. The van der Waals surface area contributed by atoms with Crippen LogP contribution >= 0.6 is 0 Å².